The molecule has 33 heavy (non-hydrogen) atoms. The maximum Gasteiger partial charge on any atom is 0.363 e. The minimum absolute atomic E-state index is 0.0811. The molecule has 3 unspecified atom stereocenters. The predicted molar refractivity (Wildman–Crippen MR) is 128 cm³/mol. The van der Waals surface area contributed by atoms with Crippen LogP contribution in [0.5, 0.6) is 0 Å². The molecule has 0 spiro atoms. The van der Waals surface area contributed by atoms with E-state index in [1.165, 1.54) is 4.31 Å². The van der Waals surface area contributed by atoms with E-state index in [0.29, 0.717) is 29.6 Å². The number of methoxy groups -OCH3 is 1. The molecular formula is C26H27N2O4S+. The van der Waals surface area contributed by atoms with Crippen LogP contribution in [-0.2, 0) is 26.1 Å². The van der Waals surface area contributed by atoms with E-state index in [2.05, 4.69) is 16.8 Å². The lowest BCUT2D eigenvalue weighted by atomic mass is 9.79. The number of allylic oxidation sites excluding steroid dienone is 2. The zero-order chi connectivity index (χ0) is 22.8. The van der Waals surface area contributed by atoms with E-state index in [4.69, 9.17) is 9.47 Å². The molecule has 0 bridgehead atoms. The average Bonchev–Trinajstić information content (AvgIpc) is 3.47. The highest BCUT2D eigenvalue weighted by atomic mass is 32.2. The van der Waals surface area contributed by atoms with Gasteiger partial charge in [-0.05, 0) is 42.2 Å². The molecule has 0 aromatic heterocycles. The summed E-state index contributed by atoms with van der Waals surface area (Å²) in [5.74, 6) is 2.42. The third-order valence-electron chi connectivity index (χ3n) is 6.59. The van der Waals surface area contributed by atoms with Crippen molar-refractivity contribution in [3.05, 3.63) is 89.9 Å². The first-order valence-corrected chi connectivity index (χ1v) is 12.6. The summed E-state index contributed by atoms with van der Waals surface area (Å²) in [6, 6.07) is 18.6. The number of sulfonamides is 1. The van der Waals surface area contributed by atoms with Gasteiger partial charge in [0.05, 0.1) is 13.0 Å². The van der Waals surface area contributed by atoms with Crippen molar-refractivity contribution < 1.29 is 17.9 Å². The number of hydrogen-bond acceptors (Lipinski definition) is 4. The highest BCUT2D eigenvalue weighted by Crippen LogP contribution is 2.41. The van der Waals surface area contributed by atoms with Crippen molar-refractivity contribution in [3.8, 4) is 0 Å². The lowest BCUT2D eigenvalue weighted by Crippen LogP contribution is -2.34. The molecule has 7 heteroatoms. The van der Waals surface area contributed by atoms with Gasteiger partial charge in [-0.25, -0.2) is 4.67 Å². The highest BCUT2D eigenvalue weighted by Gasteiger charge is 2.55. The molecule has 5 rings (SSSR count). The summed E-state index contributed by atoms with van der Waals surface area (Å²) in [5, 5.41) is 0. The summed E-state index contributed by atoms with van der Waals surface area (Å²) in [7, 11) is -2.00. The Hall–Kier alpha value is -3.28. The largest absolute Gasteiger partial charge is 0.493 e. The maximum atomic E-state index is 13.4. The molecular weight excluding hydrogens is 436 g/mol. The third kappa shape index (κ3) is 4.10. The highest BCUT2D eigenvalue weighted by molar-refractivity contribution is 7.89. The van der Waals surface area contributed by atoms with E-state index in [1.54, 1.807) is 31.4 Å². The molecule has 3 aliphatic rings. The zero-order valence-corrected chi connectivity index (χ0v) is 19.3. The van der Waals surface area contributed by atoms with E-state index < -0.39 is 10.0 Å². The Morgan fingerprint density at radius 1 is 1.00 bits per heavy atom. The van der Waals surface area contributed by atoms with Crippen LogP contribution in [0.4, 0.5) is 0 Å². The van der Waals surface area contributed by atoms with Crippen LogP contribution in [0.25, 0.3) is 0 Å². The molecule has 1 saturated heterocycles. The van der Waals surface area contributed by atoms with Gasteiger partial charge in [-0.2, -0.15) is 8.42 Å². The van der Waals surface area contributed by atoms with Gasteiger partial charge < -0.3 is 9.47 Å². The van der Waals surface area contributed by atoms with Crippen LogP contribution < -0.4 is 4.67 Å². The van der Waals surface area contributed by atoms with Gasteiger partial charge in [0.25, 0.3) is 0 Å². The van der Waals surface area contributed by atoms with Gasteiger partial charge in [0.15, 0.2) is 17.7 Å². The van der Waals surface area contributed by atoms with Gasteiger partial charge in [-0.15, -0.1) is 4.31 Å². The Morgan fingerprint density at radius 3 is 2.45 bits per heavy atom. The third-order valence-corrected chi connectivity index (χ3v) is 8.37. The minimum atomic E-state index is -3.65. The van der Waals surface area contributed by atoms with Gasteiger partial charge in [-0.3, -0.25) is 0 Å². The summed E-state index contributed by atoms with van der Waals surface area (Å²) in [4.78, 5) is 0.298. The van der Waals surface area contributed by atoms with Crippen molar-refractivity contribution in [2.75, 3.05) is 13.7 Å². The van der Waals surface area contributed by atoms with E-state index in [9.17, 15) is 8.42 Å². The summed E-state index contributed by atoms with van der Waals surface area (Å²) in [6.45, 7) is 0.862. The molecule has 0 N–H and O–H groups in total. The summed E-state index contributed by atoms with van der Waals surface area (Å²) < 4.78 is 44.5. The molecule has 2 heterocycles. The number of amidine groups is 1. The van der Waals surface area contributed by atoms with Gasteiger partial charge in [-0.1, -0.05) is 48.5 Å². The zero-order valence-electron chi connectivity index (χ0n) is 18.5. The molecule has 2 aromatic rings. The fourth-order valence-electron chi connectivity index (χ4n) is 4.89. The smallest absolute Gasteiger partial charge is 0.363 e. The van der Waals surface area contributed by atoms with E-state index >= 15 is 0 Å². The Morgan fingerprint density at radius 2 is 1.73 bits per heavy atom. The predicted octanol–water partition coefficient (Wildman–Crippen LogP) is 3.51. The molecule has 0 amide bonds. The average molecular weight is 464 g/mol. The van der Waals surface area contributed by atoms with Gasteiger partial charge in [0.1, 0.15) is 18.0 Å². The maximum absolute atomic E-state index is 13.4. The van der Waals surface area contributed by atoms with E-state index in [-0.39, 0.29) is 17.8 Å². The minimum Gasteiger partial charge on any atom is -0.493 e. The normalized spacial score (nSPS) is 24.1. The SMILES string of the molecule is COC1=CCC(C2CN(S(=O)(=O)c3ccccc3)C3=[N+]=CCC32)C=C1OCc1ccccc1. The monoisotopic (exact) mass is 463 g/mol. The Balaban J connectivity index is 1.39. The van der Waals surface area contributed by atoms with Crippen molar-refractivity contribution >= 4 is 22.1 Å². The summed E-state index contributed by atoms with van der Waals surface area (Å²) in [6.07, 6.45) is 7.53. The second-order valence-electron chi connectivity index (χ2n) is 8.50. The molecule has 6 nitrogen and oxygen atoms in total. The summed E-state index contributed by atoms with van der Waals surface area (Å²) >= 11 is 0. The second-order valence-corrected chi connectivity index (χ2v) is 10.4. The number of rotatable bonds is 7. The lowest BCUT2D eigenvalue weighted by molar-refractivity contribution is 0.156. The van der Waals surface area contributed by atoms with E-state index in [1.807, 2.05) is 42.6 Å². The van der Waals surface area contributed by atoms with Crippen molar-refractivity contribution in [1.29, 1.82) is 0 Å². The van der Waals surface area contributed by atoms with Crippen LogP contribution in [0.2, 0.25) is 0 Å². The molecule has 0 saturated carbocycles. The van der Waals surface area contributed by atoms with Crippen LogP contribution in [0, 0.1) is 17.8 Å². The number of ether oxygens (including phenoxy) is 2. The number of fused-ring (bicyclic) bond motifs is 1. The van der Waals surface area contributed by atoms with E-state index in [0.717, 1.165) is 24.2 Å². The summed E-state index contributed by atoms with van der Waals surface area (Å²) in [5.41, 5.74) is 1.08. The number of benzene rings is 2. The molecule has 0 radical (unpaired) electrons. The number of hydrogen-bond donors (Lipinski definition) is 0. The lowest BCUT2D eigenvalue weighted by Gasteiger charge is -2.26. The molecule has 3 atom stereocenters. The van der Waals surface area contributed by atoms with Crippen molar-refractivity contribution in [2.24, 2.45) is 17.8 Å². The van der Waals surface area contributed by atoms with Crippen molar-refractivity contribution in [1.82, 2.24) is 8.97 Å². The molecule has 1 aliphatic carbocycles. The van der Waals surface area contributed by atoms with Crippen LogP contribution in [0.3, 0.4) is 0 Å². The van der Waals surface area contributed by atoms with Crippen molar-refractivity contribution in [2.45, 2.75) is 24.3 Å². The first kappa shape index (κ1) is 21.6. The molecule has 1 fully saturated rings. The van der Waals surface area contributed by atoms with Gasteiger partial charge in [0.2, 0.25) is 0 Å². The van der Waals surface area contributed by atoms with Crippen LogP contribution in [-0.4, -0.2) is 38.4 Å². The molecule has 2 aromatic carbocycles. The molecule has 2 aliphatic heterocycles. The Bertz CT molecular complexity index is 1250. The first-order valence-electron chi connectivity index (χ1n) is 11.2. The Kier molecular flexibility index (Phi) is 5.83. The first-order chi connectivity index (χ1) is 16.1. The standard InChI is InChI=1S/C26H27N2O4S/c1-31-24-13-12-20(16-25(24)32-18-19-8-4-2-5-9-19)23-17-28(26-22(23)14-15-27-26)33(29,30)21-10-6-3-7-11-21/h2-11,13,15-16,20,22-23H,12,14,17-18H2,1H3/q+1. The second kappa shape index (κ2) is 8.93. The van der Waals surface area contributed by atoms with Crippen LogP contribution in [0.15, 0.2) is 89.2 Å². The molecule has 170 valence electrons. The van der Waals surface area contributed by atoms with Gasteiger partial charge >= 0.3 is 15.9 Å². The fraction of sp³-hybridized carbons (Fsp3) is 0.308. The quantitative estimate of drug-likeness (QED) is 0.589. The topological polar surface area (TPSA) is 69.9 Å². The fourth-order valence-corrected chi connectivity index (χ4v) is 6.44. The van der Waals surface area contributed by atoms with Crippen molar-refractivity contribution in [3.63, 3.8) is 0 Å². The van der Waals surface area contributed by atoms with Crippen LogP contribution >= 0.6 is 0 Å². The Labute approximate surface area is 194 Å². The van der Waals surface area contributed by atoms with Gasteiger partial charge in [0, 0.05) is 12.3 Å². The number of nitrogens with zero attached hydrogens (tertiary/aromatic N) is 2. The van der Waals surface area contributed by atoms with Crippen LogP contribution in [0.1, 0.15) is 18.4 Å².